The first kappa shape index (κ1) is 20.4. The number of allylic oxidation sites excluding steroid dienone is 2. The smallest absolute Gasteiger partial charge is 0.275 e. The van der Waals surface area contributed by atoms with Crippen LogP contribution in [0.2, 0.25) is 0 Å². The van der Waals surface area contributed by atoms with Crippen molar-refractivity contribution in [2.75, 3.05) is 5.32 Å². The molecule has 1 aliphatic carbocycles. The number of benzene rings is 2. The predicted octanol–water partition coefficient (Wildman–Crippen LogP) is 4.81. The van der Waals surface area contributed by atoms with Crippen molar-refractivity contribution in [2.45, 2.75) is 43.1 Å². The van der Waals surface area contributed by atoms with E-state index in [4.69, 9.17) is 0 Å². The van der Waals surface area contributed by atoms with E-state index in [9.17, 15) is 14.9 Å². The van der Waals surface area contributed by atoms with Crippen molar-refractivity contribution in [2.24, 2.45) is 0 Å². The van der Waals surface area contributed by atoms with E-state index in [2.05, 4.69) is 40.5 Å². The normalized spacial score (nSPS) is 17.5. The summed E-state index contributed by atoms with van der Waals surface area (Å²) in [5, 5.41) is 20.2. The van der Waals surface area contributed by atoms with Crippen molar-refractivity contribution < 1.29 is 9.72 Å². The van der Waals surface area contributed by atoms with Crippen LogP contribution in [0.4, 0.5) is 11.6 Å². The van der Waals surface area contributed by atoms with Gasteiger partial charge in [0.1, 0.15) is 6.04 Å². The van der Waals surface area contributed by atoms with Gasteiger partial charge in [-0.25, -0.2) is 4.68 Å². The zero-order valence-corrected chi connectivity index (χ0v) is 18.3. The molecule has 0 saturated heterocycles. The lowest BCUT2D eigenvalue weighted by Gasteiger charge is -2.31. The van der Waals surface area contributed by atoms with Crippen LogP contribution >= 0.6 is 11.8 Å². The van der Waals surface area contributed by atoms with E-state index in [0.717, 1.165) is 12.1 Å². The van der Waals surface area contributed by atoms with Crippen LogP contribution < -0.4 is 5.32 Å². The molecule has 2 aromatic carbocycles. The maximum absolute atomic E-state index is 12.9. The molecule has 2 aliphatic rings. The number of thioether (sulfide) groups is 1. The first-order valence-corrected chi connectivity index (χ1v) is 11.4. The van der Waals surface area contributed by atoms with Gasteiger partial charge in [0.05, 0.1) is 10.5 Å². The van der Waals surface area contributed by atoms with Crippen LogP contribution in [0.5, 0.6) is 0 Å². The molecular weight excluding hydrogens is 426 g/mol. The lowest BCUT2D eigenvalue weighted by molar-refractivity contribution is -0.385. The summed E-state index contributed by atoms with van der Waals surface area (Å²) in [6.45, 7) is 2.05. The minimum Gasteiger partial charge on any atom is -0.328 e. The van der Waals surface area contributed by atoms with Crippen molar-refractivity contribution in [3.63, 3.8) is 0 Å². The summed E-state index contributed by atoms with van der Waals surface area (Å²) in [5.74, 6) is 1.21. The second kappa shape index (κ2) is 8.23. The van der Waals surface area contributed by atoms with Crippen LogP contribution in [0.15, 0.2) is 65.0 Å². The average Bonchev–Trinajstić information content (AvgIpc) is 3.19. The highest BCUT2D eigenvalue weighted by molar-refractivity contribution is 7.98. The number of fused-ring (bicyclic) bond motifs is 1. The summed E-state index contributed by atoms with van der Waals surface area (Å²) in [5.41, 5.74) is 4.12. The van der Waals surface area contributed by atoms with Crippen LogP contribution in [0, 0.1) is 17.0 Å². The molecule has 0 saturated carbocycles. The van der Waals surface area contributed by atoms with Gasteiger partial charge in [0, 0.05) is 29.5 Å². The van der Waals surface area contributed by atoms with Crippen molar-refractivity contribution in [3.05, 3.63) is 86.6 Å². The zero-order valence-electron chi connectivity index (χ0n) is 17.4. The van der Waals surface area contributed by atoms with E-state index in [1.165, 1.54) is 29.0 Å². The van der Waals surface area contributed by atoms with E-state index < -0.39 is 11.0 Å². The highest BCUT2D eigenvalue weighted by Crippen LogP contribution is 2.43. The maximum atomic E-state index is 12.9. The number of hydrogen-bond donors (Lipinski definition) is 1. The number of anilines is 1. The number of aromatic nitrogens is 3. The predicted molar refractivity (Wildman–Crippen MR) is 122 cm³/mol. The molecule has 0 radical (unpaired) electrons. The molecule has 1 aliphatic heterocycles. The van der Waals surface area contributed by atoms with Crippen molar-refractivity contribution in [3.8, 4) is 0 Å². The van der Waals surface area contributed by atoms with E-state index >= 15 is 0 Å². The number of nitro benzene ring substituents is 1. The minimum absolute atomic E-state index is 0.00276. The van der Waals surface area contributed by atoms with Gasteiger partial charge in [-0.15, -0.1) is 5.10 Å². The van der Waals surface area contributed by atoms with Gasteiger partial charge in [-0.2, -0.15) is 4.98 Å². The number of rotatable bonds is 5. The van der Waals surface area contributed by atoms with Crippen LogP contribution in [-0.2, 0) is 10.5 Å². The molecule has 0 fully saturated rings. The van der Waals surface area contributed by atoms with Crippen LogP contribution in [0.1, 0.15) is 42.0 Å². The topological polar surface area (TPSA) is 103 Å². The number of hydrogen-bond acceptors (Lipinski definition) is 7. The molecule has 0 spiro atoms. The Morgan fingerprint density at radius 1 is 1.22 bits per heavy atom. The summed E-state index contributed by atoms with van der Waals surface area (Å²) in [6, 6.07) is 14.1. The van der Waals surface area contributed by atoms with Crippen LogP contribution in [-0.4, -0.2) is 25.5 Å². The molecule has 162 valence electrons. The summed E-state index contributed by atoms with van der Waals surface area (Å²) in [4.78, 5) is 28.9. The monoisotopic (exact) mass is 447 g/mol. The molecular formula is C23H21N5O3S. The Morgan fingerprint density at radius 3 is 2.88 bits per heavy atom. The Balaban J connectivity index is 1.56. The number of nitrogens with zero attached hydrogens (tertiary/aromatic N) is 4. The fraction of sp³-hybridized carbons (Fsp3) is 0.261. The third kappa shape index (κ3) is 3.69. The molecule has 1 atom stereocenters. The van der Waals surface area contributed by atoms with Gasteiger partial charge in [-0.05, 0) is 31.4 Å². The molecule has 3 aromatic rings. The lowest BCUT2D eigenvalue weighted by Crippen LogP contribution is -2.31. The van der Waals surface area contributed by atoms with Gasteiger partial charge in [-0.3, -0.25) is 14.9 Å². The largest absolute Gasteiger partial charge is 0.328 e. The molecule has 2 heterocycles. The fourth-order valence-corrected chi connectivity index (χ4v) is 5.09. The number of nitro groups is 1. The number of para-hydroxylation sites is 1. The van der Waals surface area contributed by atoms with Gasteiger partial charge < -0.3 is 5.32 Å². The molecule has 1 unspecified atom stereocenters. The average molecular weight is 448 g/mol. The highest BCUT2D eigenvalue weighted by Gasteiger charge is 2.39. The molecule has 9 heteroatoms. The molecule has 8 nitrogen and oxygen atoms in total. The van der Waals surface area contributed by atoms with E-state index in [-0.39, 0.29) is 11.5 Å². The van der Waals surface area contributed by atoms with E-state index in [1.807, 2.05) is 6.07 Å². The van der Waals surface area contributed by atoms with Gasteiger partial charge in [0.25, 0.3) is 5.69 Å². The van der Waals surface area contributed by atoms with Crippen LogP contribution in [0.3, 0.4) is 0 Å². The Bertz CT molecular complexity index is 1270. The Labute approximate surface area is 188 Å². The summed E-state index contributed by atoms with van der Waals surface area (Å²) >= 11 is 1.50. The second-order valence-corrected chi connectivity index (χ2v) is 8.90. The number of aryl methyl sites for hydroxylation is 1. The summed E-state index contributed by atoms with van der Waals surface area (Å²) in [6.07, 6.45) is 1.88. The van der Waals surface area contributed by atoms with E-state index in [0.29, 0.717) is 40.8 Å². The van der Waals surface area contributed by atoms with Crippen LogP contribution in [0.25, 0.3) is 0 Å². The molecule has 0 amide bonds. The number of ketones is 1. The first-order valence-electron chi connectivity index (χ1n) is 10.4. The third-order valence-corrected chi connectivity index (χ3v) is 6.64. The second-order valence-electron chi connectivity index (χ2n) is 7.95. The standard InChI is InChI=1S/C23H21N5O3S/c1-14-6-4-7-15(12-14)13-32-23-25-22-24-17-9-5-11-19(29)20(17)21(27(22)26-23)16-8-2-3-10-18(16)28(30)31/h2-4,6-8,10,12,21H,5,9,11,13H2,1H3,(H,24,25,26). The molecule has 5 rings (SSSR count). The molecule has 0 bridgehead atoms. The maximum Gasteiger partial charge on any atom is 0.275 e. The molecule has 1 aromatic heterocycles. The number of carbonyl (C=O) groups is 1. The zero-order chi connectivity index (χ0) is 22.2. The lowest BCUT2D eigenvalue weighted by atomic mass is 9.85. The molecule has 1 N–H and O–H groups in total. The highest BCUT2D eigenvalue weighted by atomic mass is 32.2. The number of carbonyl (C=O) groups excluding carboxylic acids is 1. The van der Waals surface area contributed by atoms with Gasteiger partial charge >= 0.3 is 0 Å². The van der Waals surface area contributed by atoms with Gasteiger partial charge in [0.2, 0.25) is 11.1 Å². The fourth-order valence-electron chi connectivity index (χ4n) is 4.32. The Kier molecular flexibility index (Phi) is 5.26. The van der Waals surface area contributed by atoms with Crippen molar-refractivity contribution in [1.29, 1.82) is 0 Å². The molecule has 32 heavy (non-hydrogen) atoms. The van der Waals surface area contributed by atoms with Crippen molar-refractivity contribution >= 4 is 29.2 Å². The first-order chi connectivity index (χ1) is 15.5. The van der Waals surface area contributed by atoms with Gasteiger partial charge in [-0.1, -0.05) is 53.7 Å². The SMILES string of the molecule is Cc1cccc(CSc2nc3n(n2)C(c2ccccc2[N+](=O)[O-])C2=C(CCCC2=O)N3)c1. The quantitative estimate of drug-likeness (QED) is 0.340. The Morgan fingerprint density at radius 2 is 2.06 bits per heavy atom. The third-order valence-electron chi connectivity index (χ3n) is 5.73. The Hall–Kier alpha value is -3.46. The minimum atomic E-state index is -0.670. The van der Waals surface area contributed by atoms with Gasteiger partial charge in [0.15, 0.2) is 5.78 Å². The van der Waals surface area contributed by atoms with Crippen molar-refractivity contribution in [1.82, 2.24) is 14.8 Å². The summed E-state index contributed by atoms with van der Waals surface area (Å²) in [7, 11) is 0. The number of Topliss-reactive ketones (excluding diaryl/α,β-unsaturated/α-hetero) is 1. The van der Waals surface area contributed by atoms with E-state index in [1.54, 1.807) is 22.9 Å². The summed E-state index contributed by atoms with van der Waals surface area (Å²) < 4.78 is 1.63. The number of nitrogens with one attached hydrogen (secondary N) is 1.